The van der Waals surface area contributed by atoms with Crippen molar-refractivity contribution in [2.75, 3.05) is 31.1 Å². The average molecular weight is 596 g/mol. The molecule has 230 valence electrons. The van der Waals surface area contributed by atoms with Crippen molar-refractivity contribution in [3.8, 4) is 0 Å². The minimum Gasteiger partial charge on any atom is -0.394 e. The molecule has 3 amide bonds. The Kier molecular flexibility index (Phi) is 9.98. The quantitative estimate of drug-likeness (QED) is 0.325. The van der Waals surface area contributed by atoms with E-state index in [0.717, 1.165) is 36.1 Å². The maximum absolute atomic E-state index is 15.1. The van der Waals surface area contributed by atoms with Crippen molar-refractivity contribution >= 4 is 35.2 Å². The predicted molar refractivity (Wildman–Crippen MR) is 171 cm³/mol. The summed E-state index contributed by atoms with van der Waals surface area (Å²) < 4.78 is -0.762. The number of aryl methyl sites for hydroxylation is 2. The fraction of sp³-hybridized carbons (Fsp3) is 0.618. The molecule has 0 saturated carbocycles. The van der Waals surface area contributed by atoms with Crippen LogP contribution in [0.5, 0.6) is 0 Å². The van der Waals surface area contributed by atoms with Crippen LogP contribution in [0.15, 0.2) is 43.5 Å². The third-order valence-electron chi connectivity index (χ3n) is 9.99. The molecule has 0 radical (unpaired) electrons. The Balaban J connectivity index is 1.91. The number of amides is 3. The van der Waals surface area contributed by atoms with Crippen LogP contribution in [0.2, 0.25) is 0 Å². The second-order valence-electron chi connectivity index (χ2n) is 12.5. The maximum Gasteiger partial charge on any atom is 0.251 e. The highest BCUT2D eigenvalue weighted by Gasteiger charge is 2.77. The van der Waals surface area contributed by atoms with Crippen LogP contribution in [-0.2, 0) is 14.4 Å². The van der Waals surface area contributed by atoms with Crippen LogP contribution in [0.4, 0.5) is 5.69 Å². The van der Waals surface area contributed by atoms with Crippen molar-refractivity contribution in [2.45, 2.75) is 82.9 Å². The van der Waals surface area contributed by atoms with Gasteiger partial charge in [-0.1, -0.05) is 64.5 Å². The van der Waals surface area contributed by atoms with E-state index >= 15 is 4.79 Å². The lowest BCUT2D eigenvalue weighted by Gasteiger charge is -2.43. The lowest BCUT2D eigenvalue weighted by atomic mass is 9.65. The SMILES string of the molecule is C=CCN(CCC)C(=O)[C@@H]1[C@H]2C(=O)N([C@@H](CO)[C@@H](C)CC)C(C(=O)N(CC=C)c3c(C)cccc3C)C23S[C@@H]1CC3C. The Hall–Kier alpha value is -2.58. The lowest BCUT2D eigenvalue weighted by molar-refractivity contribution is -0.146. The Morgan fingerprint density at radius 2 is 1.81 bits per heavy atom. The van der Waals surface area contributed by atoms with Crippen LogP contribution in [0.25, 0.3) is 0 Å². The summed E-state index contributed by atoms with van der Waals surface area (Å²) in [6.45, 7) is 21.1. The molecule has 0 aliphatic carbocycles. The van der Waals surface area contributed by atoms with Crippen LogP contribution >= 0.6 is 11.8 Å². The molecule has 1 aromatic carbocycles. The number of thioether (sulfide) groups is 1. The Morgan fingerprint density at radius 1 is 1.17 bits per heavy atom. The van der Waals surface area contributed by atoms with Crippen molar-refractivity contribution in [1.29, 1.82) is 0 Å². The van der Waals surface area contributed by atoms with Gasteiger partial charge in [0, 0.05) is 30.6 Å². The molecule has 3 fully saturated rings. The van der Waals surface area contributed by atoms with Crippen molar-refractivity contribution < 1.29 is 19.5 Å². The fourth-order valence-corrected chi connectivity index (χ4v) is 10.3. The first-order valence-corrected chi connectivity index (χ1v) is 16.4. The molecule has 7 nitrogen and oxygen atoms in total. The Bertz CT molecular complexity index is 1200. The number of aliphatic hydroxyl groups excluding tert-OH is 1. The van der Waals surface area contributed by atoms with Gasteiger partial charge in [-0.3, -0.25) is 14.4 Å². The van der Waals surface area contributed by atoms with Gasteiger partial charge in [0.2, 0.25) is 11.8 Å². The first-order valence-electron chi connectivity index (χ1n) is 15.5. The van der Waals surface area contributed by atoms with E-state index in [1.165, 1.54) is 0 Å². The van der Waals surface area contributed by atoms with Gasteiger partial charge in [0.15, 0.2) is 0 Å². The molecule has 1 N–H and O–H groups in total. The molecule has 0 aromatic heterocycles. The molecule has 4 rings (SSSR count). The van der Waals surface area contributed by atoms with Crippen molar-refractivity contribution in [1.82, 2.24) is 9.80 Å². The smallest absolute Gasteiger partial charge is 0.251 e. The number of carbonyl (C=O) groups excluding carboxylic acids is 3. The largest absolute Gasteiger partial charge is 0.394 e. The highest BCUT2D eigenvalue weighted by atomic mass is 32.2. The summed E-state index contributed by atoms with van der Waals surface area (Å²) >= 11 is 1.69. The van der Waals surface area contributed by atoms with E-state index in [9.17, 15) is 14.7 Å². The first-order chi connectivity index (χ1) is 20.0. The summed E-state index contributed by atoms with van der Waals surface area (Å²) in [7, 11) is 0. The zero-order valence-electron chi connectivity index (χ0n) is 26.2. The van der Waals surface area contributed by atoms with Gasteiger partial charge in [0.1, 0.15) is 6.04 Å². The standard InChI is InChI=1S/C34H49N3O4S/c1-9-16-35(17-10-2)31(39)27-26-19-24(8)34(42-26)28(27)32(40)37(25(20-38)21(5)12-4)30(34)33(41)36(18-11-3)29-22(6)14-13-15-23(29)7/h9,11,13-15,21,24-28,30,38H,1,3,10,12,16-20H2,2,4-8H3/t21-,24?,25-,26+,27-,28-,30?,34?/m0/s1. The van der Waals surface area contributed by atoms with Gasteiger partial charge in [-0.15, -0.1) is 24.9 Å². The van der Waals surface area contributed by atoms with Crippen LogP contribution in [-0.4, -0.2) is 80.9 Å². The number of nitrogens with zero attached hydrogens (tertiary/aromatic N) is 3. The average Bonchev–Trinajstić information content (AvgIpc) is 3.55. The van der Waals surface area contributed by atoms with Crippen molar-refractivity contribution in [2.24, 2.45) is 23.7 Å². The molecule has 3 unspecified atom stereocenters. The number of rotatable bonds is 13. The van der Waals surface area contributed by atoms with E-state index in [2.05, 4.69) is 20.1 Å². The second kappa shape index (κ2) is 13.0. The summed E-state index contributed by atoms with van der Waals surface area (Å²) in [5.41, 5.74) is 2.77. The van der Waals surface area contributed by atoms with E-state index in [0.29, 0.717) is 19.6 Å². The minimum absolute atomic E-state index is 0.0174. The molecule has 1 spiro atoms. The number of hydrogen-bond donors (Lipinski definition) is 1. The van der Waals surface area contributed by atoms with E-state index in [4.69, 9.17) is 0 Å². The third kappa shape index (κ3) is 5.02. The van der Waals surface area contributed by atoms with E-state index in [1.54, 1.807) is 33.7 Å². The number of hydrogen-bond acceptors (Lipinski definition) is 5. The predicted octanol–water partition coefficient (Wildman–Crippen LogP) is 4.99. The van der Waals surface area contributed by atoms with Crippen LogP contribution < -0.4 is 4.90 Å². The van der Waals surface area contributed by atoms with E-state index in [-0.39, 0.29) is 41.4 Å². The van der Waals surface area contributed by atoms with Gasteiger partial charge in [-0.25, -0.2) is 0 Å². The van der Waals surface area contributed by atoms with Crippen LogP contribution in [0, 0.1) is 37.5 Å². The Labute approximate surface area is 256 Å². The number of para-hydroxylation sites is 1. The molecular formula is C34H49N3O4S. The molecular weight excluding hydrogens is 546 g/mol. The normalized spacial score (nSPS) is 29.3. The minimum atomic E-state index is -0.804. The zero-order chi connectivity index (χ0) is 30.9. The number of benzene rings is 1. The van der Waals surface area contributed by atoms with Crippen LogP contribution in [0.3, 0.4) is 0 Å². The number of anilines is 1. The molecule has 42 heavy (non-hydrogen) atoms. The summed E-state index contributed by atoms with van der Waals surface area (Å²) in [5, 5.41) is 10.7. The van der Waals surface area contributed by atoms with Crippen molar-refractivity contribution in [3.63, 3.8) is 0 Å². The van der Waals surface area contributed by atoms with Gasteiger partial charge in [0.25, 0.3) is 5.91 Å². The highest BCUT2D eigenvalue weighted by molar-refractivity contribution is 8.02. The summed E-state index contributed by atoms with van der Waals surface area (Å²) in [5.74, 6) is -1.45. The van der Waals surface area contributed by atoms with E-state index in [1.807, 2.05) is 57.7 Å². The second-order valence-corrected chi connectivity index (χ2v) is 14.0. The molecule has 3 heterocycles. The number of fused-ring (bicyclic) bond motifs is 1. The first kappa shape index (κ1) is 32.3. The fourth-order valence-electron chi connectivity index (χ4n) is 7.92. The van der Waals surface area contributed by atoms with Gasteiger partial charge in [-0.05, 0) is 49.7 Å². The summed E-state index contributed by atoms with van der Waals surface area (Å²) in [6, 6.07) is 4.64. The molecule has 1 aromatic rings. The number of aliphatic hydroxyl groups is 1. The zero-order valence-corrected chi connectivity index (χ0v) is 27.0. The summed E-state index contributed by atoms with van der Waals surface area (Å²) in [4.78, 5) is 49.4. The lowest BCUT2D eigenvalue weighted by Crippen LogP contribution is -2.60. The number of likely N-dealkylation sites (tertiary alicyclic amines) is 1. The molecule has 3 saturated heterocycles. The topological polar surface area (TPSA) is 81.2 Å². The van der Waals surface area contributed by atoms with Gasteiger partial charge >= 0.3 is 0 Å². The molecule has 2 bridgehead atoms. The third-order valence-corrected chi connectivity index (χ3v) is 12.1. The maximum atomic E-state index is 15.1. The van der Waals surface area contributed by atoms with Crippen LogP contribution in [0.1, 0.15) is 58.1 Å². The monoisotopic (exact) mass is 595 g/mol. The summed E-state index contributed by atoms with van der Waals surface area (Å²) in [6.07, 6.45) is 5.80. The highest BCUT2D eigenvalue weighted by Crippen LogP contribution is 2.69. The van der Waals surface area contributed by atoms with E-state index < -0.39 is 28.7 Å². The molecule has 3 aliphatic rings. The van der Waals surface area contributed by atoms with Gasteiger partial charge in [-0.2, -0.15) is 0 Å². The Morgan fingerprint density at radius 3 is 2.36 bits per heavy atom. The number of carbonyl (C=O) groups is 3. The molecule has 8 heteroatoms. The van der Waals surface area contributed by atoms with Gasteiger partial charge in [0.05, 0.1) is 29.2 Å². The molecule has 8 atom stereocenters. The van der Waals surface area contributed by atoms with Crippen molar-refractivity contribution in [3.05, 3.63) is 54.6 Å². The molecule has 3 aliphatic heterocycles. The van der Waals surface area contributed by atoms with Gasteiger partial charge < -0.3 is 19.8 Å².